The van der Waals surface area contributed by atoms with Crippen molar-refractivity contribution < 1.29 is 9.47 Å². The Balaban J connectivity index is 2.13. The van der Waals surface area contributed by atoms with Gasteiger partial charge in [0.1, 0.15) is 0 Å². The zero-order valence-corrected chi connectivity index (χ0v) is 5.02. The molecule has 2 heteroatoms. The second-order valence-electron chi connectivity index (χ2n) is 1.76. The number of rotatable bonds is 1. The first-order valence-electron chi connectivity index (χ1n) is 2.78. The molecule has 1 aliphatic heterocycles. The van der Waals surface area contributed by atoms with E-state index in [1.807, 2.05) is 0 Å². The average Bonchev–Trinajstić information content (AvgIpc) is 1.90. The lowest BCUT2D eigenvalue weighted by Crippen LogP contribution is -2.20. The van der Waals surface area contributed by atoms with Gasteiger partial charge in [-0.2, -0.15) is 0 Å². The minimum absolute atomic E-state index is 0.0243. The van der Waals surface area contributed by atoms with Crippen molar-refractivity contribution >= 4 is 0 Å². The van der Waals surface area contributed by atoms with Crippen LogP contribution < -0.4 is 0 Å². The molecule has 8 heavy (non-hydrogen) atoms. The molecule has 1 aliphatic rings. The van der Waals surface area contributed by atoms with Gasteiger partial charge in [0.25, 0.3) is 0 Å². The summed E-state index contributed by atoms with van der Waals surface area (Å²) < 4.78 is 10.0. The van der Waals surface area contributed by atoms with Gasteiger partial charge in [0, 0.05) is 13.5 Å². The predicted octanol–water partition coefficient (Wildman–Crippen LogP) is 0.851. The maximum Gasteiger partial charge on any atom is 0.157 e. The zero-order valence-electron chi connectivity index (χ0n) is 5.02. The van der Waals surface area contributed by atoms with E-state index in [-0.39, 0.29) is 6.29 Å². The van der Waals surface area contributed by atoms with Gasteiger partial charge >= 0.3 is 0 Å². The third kappa shape index (κ3) is 1.46. The third-order valence-corrected chi connectivity index (χ3v) is 1.19. The van der Waals surface area contributed by atoms with Crippen LogP contribution in [0.15, 0.2) is 0 Å². The summed E-state index contributed by atoms with van der Waals surface area (Å²) in [7, 11) is 1.66. The molecule has 0 saturated carbocycles. The van der Waals surface area contributed by atoms with Crippen molar-refractivity contribution in [2.45, 2.75) is 19.1 Å². The van der Waals surface area contributed by atoms with Crippen LogP contribution in [-0.2, 0) is 9.47 Å². The van der Waals surface area contributed by atoms with E-state index in [4.69, 9.17) is 9.47 Å². The molecule has 0 N–H and O–H groups in total. The third-order valence-electron chi connectivity index (χ3n) is 1.19. The molecule has 2 nitrogen and oxygen atoms in total. The van der Waals surface area contributed by atoms with Crippen molar-refractivity contribution in [3.05, 3.63) is 6.42 Å². The molecule has 1 heterocycles. The van der Waals surface area contributed by atoms with Crippen LogP contribution in [0.4, 0.5) is 0 Å². The van der Waals surface area contributed by atoms with Crippen LogP contribution in [0.1, 0.15) is 12.8 Å². The molecular weight excluding hydrogens is 104 g/mol. The second kappa shape index (κ2) is 3.05. The summed E-state index contributed by atoms with van der Waals surface area (Å²) in [5.41, 5.74) is 0. The van der Waals surface area contributed by atoms with Crippen molar-refractivity contribution in [2.75, 3.05) is 13.7 Å². The van der Waals surface area contributed by atoms with Crippen molar-refractivity contribution in [3.63, 3.8) is 0 Å². The molecule has 1 saturated heterocycles. The van der Waals surface area contributed by atoms with Gasteiger partial charge in [-0.25, -0.2) is 0 Å². The minimum Gasteiger partial charge on any atom is -0.356 e. The van der Waals surface area contributed by atoms with Crippen LogP contribution in [0.5, 0.6) is 0 Å². The maximum atomic E-state index is 5.09. The molecule has 1 rings (SSSR count). The van der Waals surface area contributed by atoms with Crippen molar-refractivity contribution in [1.82, 2.24) is 0 Å². The van der Waals surface area contributed by atoms with Crippen LogP contribution in [0.2, 0.25) is 0 Å². The van der Waals surface area contributed by atoms with E-state index in [2.05, 4.69) is 6.42 Å². The summed E-state index contributed by atoms with van der Waals surface area (Å²) in [5, 5.41) is 0. The summed E-state index contributed by atoms with van der Waals surface area (Å²) in [6.45, 7) is 0.624. The molecule has 1 fully saturated rings. The predicted molar refractivity (Wildman–Crippen MR) is 29.2 cm³/mol. The number of ether oxygens (including phenoxy) is 2. The fourth-order valence-electron chi connectivity index (χ4n) is 0.713. The highest BCUT2D eigenvalue weighted by atomic mass is 16.7. The Bertz CT molecular complexity index is 57.5. The lowest BCUT2D eigenvalue weighted by molar-refractivity contribution is -0.133. The van der Waals surface area contributed by atoms with E-state index in [0.29, 0.717) is 6.61 Å². The Morgan fingerprint density at radius 2 is 2.62 bits per heavy atom. The van der Waals surface area contributed by atoms with Gasteiger partial charge in [0.05, 0.1) is 6.61 Å². The molecule has 0 aromatic heterocycles. The van der Waals surface area contributed by atoms with Gasteiger partial charge in [-0.05, 0) is 12.8 Å². The van der Waals surface area contributed by atoms with Gasteiger partial charge in [-0.15, -0.1) is 0 Å². The van der Waals surface area contributed by atoms with Gasteiger partial charge in [-0.3, -0.25) is 0 Å². The van der Waals surface area contributed by atoms with Gasteiger partial charge in [-0.1, -0.05) is 0 Å². The normalized spacial score (nSPS) is 30.4. The summed E-state index contributed by atoms with van der Waals surface area (Å²) in [4.78, 5) is 0. The van der Waals surface area contributed by atoms with Gasteiger partial charge in [0.2, 0.25) is 0 Å². The highest BCUT2D eigenvalue weighted by Crippen LogP contribution is 2.11. The first-order valence-corrected chi connectivity index (χ1v) is 2.78. The fraction of sp³-hybridized carbons (Fsp3) is 0.833. The summed E-state index contributed by atoms with van der Waals surface area (Å²) in [6.07, 6.45) is 5.02. The Hall–Kier alpha value is -0.0800. The zero-order chi connectivity index (χ0) is 5.82. The number of methoxy groups -OCH3 is 1. The smallest absolute Gasteiger partial charge is 0.157 e. The van der Waals surface area contributed by atoms with Crippen molar-refractivity contribution in [3.8, 4) is 0 Å². The molecule has 0 bridgehead atoms. The van der Waals surface area contributed by atoms with Crippen molar-refractivity contribution in [2.24, 2.45) is 0 Å². The van der Waals surface area contributed by atoms with E-state index < -0.39 is 0 Å². The Labute approximate surface area is 49.8 Å². The first-order chi connectivity index (χ1) is 3.93. The highest BCUT2D eigenvalue weighted by Gasteiger charge is 2.11. The lowest BCUT2D eigenvalue weighted by atomic mass is 10.2. The summed E-state index contributed by atoms with van der Waals surface area (Å²) >= 11 is 0. The molecule has 2 radical (unpaired) electrons. The van der Waals surface area contributed by atoms with E-state index in [1.165, 1.54) is 0 Å². The summed E-state index contributed by atoms with van der Waals surface area (Å²) in [5.74, 6) is 0. The molecule has 0 aromatic carbocycles. The topological polar surface area (TPSA) is 18.5 Å². The van der Waals surface area contributed by atoms with Crippen LogP contribution in [-0.4, -0.2) is 20.0 Å². The molecule has 1 atom stereocenters. The van der Waals surface area contributed by atoms with Gasteiger partial charge < -0.3 is 9.47 Å². The van der Waals surface area contributed by atoms with Crippen LogP contribution in [0, 0.1) is 6.42 Å². The molecule has 0 spiro atoms. The molecule has 0 aromatic rings. The monoisotopic (exact) mass is 114 g/mol. The largest absolute Gasteiger partial charge is 0.356 e. The Morgan fingerprint density at radius 1 is 1.75 bits per heavy atom. The SMILES string of the molecule is COC1CC[C]CO1. The quantitative estimate of drug-likeness (QED) is 0.503. The number of hydrogen-bond acceptors (Lipinski definition) is 2. The van der Waals surface area contributed by atoms with E-state index in [1.54, 1.807) is 7.11 Å². The van der Waals surface area contributed by atoms with Crippen LogP contribution >= 0.6 is 0 Å². The summed E-state index contributed by atoms with van der Waals surface area (Å²) in [6, 6.07) is 0. The molecular formula is C6H10O2. The molecule has 0 amide bonds. The number of hydrogen-bond donors (Lipinski definition) is 0. The van der Waals surface area contributed by atoms with Crippen LogP contribution in [0.25, 0.3) is 0 Å². The highest BCUT2D eigenvalue weighted by molar-refractivity contribution is 4.69. The van der Waals surface area contributed by atoms with E-state index in [9.17, 15) is 0 Å². The van der Waals surface area contributed by atoms with E-state index in [0.717, 1.165) is 12.8 Å². The minimum atomic E-state index is 0.0243. The van der Waals surface area contributed by atoms with E-state index >= 15 is 0 Å². The Kier molecular flexibility index (Phi) is 2.30. The standard InChI is InChI=1S/C6H10O2/c1-7-6-4-2-3-5-8-6/h6H,2,4-5H2,1H3. The fourth-order valence-corrected chi connectivity index (χ4v) is 0.713. The maximum absolute atomic E-state index is 5.09. The average molecular weight is 114 g/mol. The Morgan fingerprint density at radius 3 is 3.00 bits per heavy atom. The lowest BCUT2D eigenvalue weighted by Gasteiger charge is -2.19. The molecule has 0 aliphatic carbocycles. The van der Waals surface area contributed by atoms with Crippen LogP contribution in [0.3, 0.4) is 0 Å². The first kappa shape index (κ1) is 6.05. The molecule has 1 unspecified atom stereocenters. The van der Waals surface area contributed by atoms with Gasteiger partial charge in [0.15, 0.2) is 6.29 Å². The second-order valence-corrected chi connectivity index (χ2v) is 1.76. The van der Waals surface area contributed by atoms with Crippen molar-refractivity contribution in [1.29, 1.82) is 0 Å². The molecule has 46 valence electrons.